The highest BCUT2D eigenvalue weighted by molar-refractivity contribution is 5.75. The second-order valence-corrected chi connectivity index (χ2v) is 6.08. The summed E-state index contributed by atoms with van der Waals surface area (Å²) in [6, 6.07) is 8.28. The van der Waals surface area contributed by atoms with Gasteiger partial charge in [0.25, 0.3) is 0 Å². The predicted octanol–water partition coefficient (Wildman–Crippen LogP) is 3.58. The Hall–Kier alpha value is -2.61. The van der Waals surface area contributed by atoms with E-state index in [1.807, 2.05) is 25.1 Å². The van der Waals surface area contributed by atoms with Gasteiger partial charge in [-0.3, -0.25) is 0 Å². The molecule has 5 nitrogen and oxygen atoms in total. The molecular formula is C18H19N3O2. The van der Waals surface area contributed by atoms with E-state index in [2.05, 4.69) is 16.0 Å². The average molecular weight is 309 g/mol. The summed E-state index contributed by atoms with van der Waals surface area (Å²) in [6.07, 6.45) is 3.64. The van der Waals surface area contributed by atoms with E-state index in [4.69, 9.17) is 9.47 Å². The summed E-state index contributed by atoms with van der Waals surface area (Å²) < 4.78 is 10.8. The van der Waals surface area contributed by atoms with Gasteiger partial charge < -0.3 is 19.4 Å². The fraction of sp³-hybridized carbons (Fsp3) is 0.389. The number of hydrogen-bond acceptors (Lipinski definition) is 4. The molecule has 1 aromatic carbocycles. The summed E-state index contributed by atoms with van der Waals surface area (Å²) in [5.41, 5.74) is 3.75. The van der Waals surface area contributed by atoms with Crippen molar-refractivity contribution in [3.05, 3.63) is 29.3 Å². The third-order valence-corrected chi connectivity index (χ3v) is 4.68. The summed E-state index contributed by atoms with van der Waals surface area (Å²) in [5, 5.41) is 9.60. The molecule has 2 aliphatic heterocycles. The van der Waals surface area contributed by atoms with Gasteiger partial charge in [0.05, 0.1) is 11.3 Å². The largest absolute Gasteiger partial charge is 0.454 e. The molecule has 1 aromatic heterocycles. The van der Waals surface area contributed by atoms with Crippen molar-refractivity contribution in [3.8, 4) is 28.8 Å². The minimum atomic E-state index is 0.269. The summed E-state index contributed by atoms with van der Waals surface area (Å²) in [4.78, 5) is 5.78. The van der Waals surface area contributed by atoms with Crippen LogP contribution in [0.3, 0.4) is 0 Å². The van der Waals surface area contributed by atoms with E-state index in [9.17, 15) is 5.26 Å². The first-order chi connectivity index (χ1) is 11.3. The molecular weight excluding hydrogens is 290 g/mol. The smallest absolute Gasteiger partial charge is 0.231 e. The number of aromatic amines is 1. The SMILES string of the molecule is Cc1c(-c2ccc3c(c2)OCO3)[nH]c(N2CCCCC2)c1C#N. The number of nitrogens with one attached hydrogen (secondary N) is 1. The lowest BCUT2D eigenvalue weighted by atomic mass is 10.1. The van der Waals surface area contributed by atoms with Crippen LogP contribution < -0.4 is 14.4 Å². The second-order valence-electron chi connectivity index (χ2n) is 6.08. The molecule has 0 bridgehead atoms. The van der Waals surface area contributed by atoms with Crippen LogP contribution in [0.25, 0.3) is 11.3 Å². The molecule has 4 rings (SSSR count). The number of benzene rings is 1. The normalized spacial score (nSPS) is 16.4. The van der Waals surface area contributed by atoms with Crippen molar-refractivity contribution in [2.75, 3.05) is 24.8 Å². The summed E-state index contributed by atoms with van der Waals surface area (Å²) >= 11 is 0. The third-order valence-electron chi connectivity index (χ3n) is 4.68. The number of aromatic nitrogens is 1. The van der Waals surface area contributed by atoms with Gasteiger partial charge in [0.1, 0.15) is 11.9 Å². The first-order valence-corrected chi connectivity index (χ1v) is 8.05. The Balaban J connectivity index is 1.77. The summed E-state index contributed by atoms with van der Waals surface area (Å²) in [7, 11) is 0. The zero-order valence-corrected chi connectivity index (χ0v) is 13.2. The van der Waals surface area contributed by atoms with Gasteiger partial charge in [-0.25, -0.2) is 0 Å². The van der Waals surface area contributed by atoms with Crippen LogP contribution in [-0.4, -0.2) is 24.9 Å². The monoisotopic (exact) mass is 309 g/mol. The van der Waals surface area contributed by atoms with Crippen molar-refractivity contribution >= 4 is 5.82 Å². The van der Waals surface area contributed by atoms with Crippen molar-refractivity contribution in [3.63, 3.8) is 0 Å². The fourth-order valence-electron chi connectivity index (χ4n) is 3.41. The van der Waals surface area contributed by atoms with E-state index in [1.54, 1.807) is 0 Å². The van der Waals surface area contributed by atoms with Crippen LogP contribution in [0, 0.1) is 18.3 Å². The molecule has 0 unspecified atom stereocenters. The van der Waals surface area contributed by atoms with Gasteiger partial charge in [-0.05, 0) is 49.9 Å². The molecule has 23 heavy (non-hydrogen) atoms. The maximum atomic E-state index is 9.60. The molecule has 0 spiro atoms. The molecule has 0 saturated carbocycles. The van der Waals surface area contributed by atoms with E-state index in [-0.39, 0.29) is 6.79 Å². The molecule has 1 N–H and O–H groups in total. The number of piperidine rings is 1. The highest BCUT2D eigenvalue weighted by Gasteiger charge is 2.22. The number of fused-ring (bicyclic) bond motifs is 1. The van der Waals surface area contributed by atoms with Gasteiger partial charge in [-0.1, -0.05) is 0 Å². The number of nitriles is 1. The number of H-pyrrole nitrogens is 1. The van der Waals surface area contributed by atoms with Crippen molar-refractivity contribution < 1.29 is 9.47 Å². The Bertz CT molecular complexity index is 782. The first kappa shape index (κ1) is 14.0. The fourth-order valence-corrected chi connectivity index (χ4v) is 3.41. The maximum Gasteiger partial charge on any atom is 0.231 e. The number of rotatable bonds is 2. The van der Waals surface area contributed by atoms with Gasteiger partial charge in [0, 0.05) is 18.7 Å². The maximum absolute atomic E-state index is 9.60. The van der Waals surface area contributed by atoms with Crippen molar-refractivity contribution in [2.24, 2.45) is 0 Å². The van der Waals surface area contributed by atoms with E-state index >= 15 is 0 Å². The molecule has 0 radical (unpaired) electrons. The molecule has 3 heterocycles. The lowest BCUT2D eigenvalue weighted by molar-refractivity contribution is 0.174. The molecule has 0 amide bonds. The number of anilines is 1. The zero-order chi connectivity index (χ0) is 15.8. The molecule has 0 aliphatic carbocycles. The number of hydrogen-bond donors (Lipinski definition) is 1. The molecule has 1 saturated heterocycles. The van der Waals surface area contributed by atoms with E-state index in [0.29, 0.717) is 0 Å². The summed E-state index contributed by atoms with van der Waals surface area (Å²) in [5.74, 6) is 2.49. The second kappa shape index (κ2) is 5.54. The van der Waals surface area contributed by atoms with Gasteiger partial charge in [0.2, 0.25) is 6.79 Å². The Morgan fingerprint density at radius 1 is 1.13 bits per heavy atom. The molecule has 2 aliphatic rings. The lowest BCUT2D eigenvalue weighted by Gasteiger charge is -2.27. The molecule has 5 heteroatoms. The average Bonchev–Trinajstić information content (AvgIpc) is 3.18. The number of ether oxygens (including phenoxy) is 2. The van der Waals surface area contributed by atoms with Crippen LogP contribution >= 0.6 is 0 Å². The molecule has 118 valence electrons. The Morgan fingerprint density at radius 3 is 2.70 bits per heavy atom. The molecule has 2 aromatic rings. The van der Waals surface area contributed by atoms with Gasteiger partial charge in [-0.15, -0.1) is 0 Å². The van der Waals surface area contributed by atoms with Gasteiger partial charge >= 0.3 is 0 Å². The Kier molecular flexibility index (Phi) is 3.38. The van der Waals surface area contributed by atoms with E-state index in [0.717, 1.165) is 52.8 Å². The topological polar surface area (TPSA) is 61.3 Å². The minimum absolute atomic E-state index is 0.269. The highest BCUT2D eigenvalue weighted by Crippen LogP contribution is 2.39. The van der Waals surface area contributed by atoms with Crippen LogP contribution in [0.15, 0.2) is 18.2 Å². The van der Waals surface area contributed by atoms with Crippen LogP contribution in [0.2, 0.25) is 0 Å². The predicted molar refractivity (Wildman–Crippen MR) is 87.9 cm³/mol. The van der Waals surface area contributed by atoms with Crippen molar-refractivity contribution in [1.29, 1.82) is 5.26 Å². The zero-order valence-electron chi connectivity index (χ0n) is 13.2. The van der Waals surface area contributed by atoms with Crippen LogP contribution in [0.4, 0.5) is 5.82 Å². The first-order valence-electron chi connectivity index (χ1n) is 8.05. The van der Waals surface area contributed by atoms with Crippen LogP contribution in [0.1, 0.15) is 30.4 Å². The van der Waals surface area contributed by atoms with Crippen molar-refractivity contribution in [2.45, 2.75) is 26.2 Å². The van der Waals surface area contributed by atoms with Gasteiger partial charge in [-0.2, -0.15) is 5.26 Å². The summed E-state index contributed by atoms with van der Waals surface area (Å²) in [6.45, 7) is 4.29. The number of nitrogens with zero attached hydrogens (tertiary/aromatic N) is 2. The van der Waals surface area contributed by atoms with Crippen molar-refractivity contribution in [1.82, 2.24) is 4.98 Å². The van der Waals surface area contributed by atoms with Crippen LogP contribution in [-0.2, 0) is 0 Å². The van der Waals surface area contributed by atoms with Crippen LogP contribution in [0.5, 0.6) is 11.5 Å². The van der Waals surface area contributed by atoms with Gasteiger partial charge in [0.15, 0.2) is 11.5 Å². The Labute approximate surface area is 135 Å². The molecule has 1 fully saturated rings. The standard InChI is InChI=1S/C18H19N3O2/c1-12-14(10-19)18(21-7-3-2-4-8-21)20-17(12)13-5-6-15-16(9-13)23-11-22-15/h5-6,9,20H,2-4,7-8,11H2,1H3. The minimum Gasteiger partial charge on any atom is -0.454 e. The molecule has 0 atom stereocenters. The van der Waals surface area contributed by atoms with E-state index in [1.165, 1.54) is 19.3 Å². The quantitative estimate of drug-likeness (QED) is 0.921. The lowest BCUT2D eigenvalue weighted by Crippen LogP contribution is -2.30. The van der Waals surface area contributed by atoms with E-state index < -0.39 is 0 Å². The Morgan fingerprint density at radius 2 is 1.91 bits per heavy atom. The highest BCUT2D eigenvalue weighted by atomic mass is 16.7. The third kappa shape index (κ3) is 2.31.